The number of nitro groups is 1. The van der Waals surface area contributed by atoms with E-state index in [9.17, 15) is 15.4 Å². The number of hydrogen-bond donors (Lipinski definition) is 0. The van der Waals surface area contributed by atoms with Gasteiger partial charge in [0, 0.05) is 29.5 Å². The Hall–Kier alpha value is -3.59. The highest BCUT2D eigenvalue weighted by molar-refractivity contribution is 5.70. The molecule has 0 radical (unpaired) electrons. The Labute approximate surface area is 131 Å². The van der Waals surface area contributed by atoms with E-state index in [1.807, 2.05) is 36.4 Å². The Bertz CT molecular complexity index is 917. The summed E-state index contributed by atoms with van der Waals surface area (Å²) in [4.78, 5) is 19.1. The summed E-state index contributed by atoms with van der Waals surface area (Å²) in [7, 11) is 0. The molecule has 0 spiro atoms. The van der Waals surface area contributed by atoms with Gasteiger partial charge in [-0.25, -0.2) is 9.97 Å². The molecule has 3 rings (SSSR count). The van der Waals surface area contributed by atoms with Crippen LogP contribution in [-0.4, -0.2) is 14.9 Å². The summed E-state index contributed by atoms with van der Waals surface area (Å²) in [6, 6.07) is 17.4. The molecule has 0 amide bonds. The van der Waals surface area contributed by atoms with E-state index in [2.05, 4.69) is 9.97 Å². The lowest BCUT2D eigenvalue weighted by Gasteiger charge is -2.06. The molecule has 23 heavy (non-hydrogen) atoms. The van der Waals surface area contributed by atoms with Crippen LogP contribution in [0.2, 0.25) is 0 Å². The quantitative estimate of drug-likeness (QED) is 0.544. The van der Waals surface area contributed by atoms with Crippen LogP contribution in [0, 0.1) is 21.4 Å². The molecule has 0 N–H and O–H groups in total. The monoisotopic (exact) mass is 302 g/mol. The van der Waals surface area contributed by atoms with Crippen LogP contribution in [0.15, 0.2) is 60.8 Å². The molecule has 2 aromatic carbocycles. The van der Waals surface area contributed by atoms with Gasteiger partial charge in [0.15, 0.2) is 5.82 Å². The Balaban J connectivity index is 2.16. The number of nitrogens with zero attached hydrogens (tertiary/aromatic N) is 4. The summed E-state index contributed by atoms with van der Waals surface area (Å²) in [5.41, 5.74) is 1.92. The van der Waals surface area contributed by atoms with Crippen LogP contribution >= 0.6 is 0 Å². The number of nitro benzene ring substituents is 1. The molecule has 3 aromatic rings. The first-order valence-electron chi connectivity index (χ1n) is 6.76. The topological polar surface area (TPSA) is 92.7 Å². The van der Waals surface area contributed by atoms with Crippen LogP contribution in [0.1, 0.15) is 5.56 Å². The largest absolute Gasteiger partial charge is 0.270 e. The van der Waals surface area contributed by atoms with Crippen LogP contribution in [0.3, 0.4) is 0 Å². The van der Waals surface area contributed by atoms with Crippen molar-refractivity contribution in [1.29, 1.82) is 5.26 Å². The molecule has 1 aromatic heterocycles. The van der Waals surface area contributed by atoms with Gasteiger partial charge in [-0.2, -0.15) is 5.26 Å². The number of nitriles is 1. The van der Waals surface area contributed by atoms with Gasteiger partial charge in [0.25, 0.3) is 5.69 Å². The van der Waals surface area contributed by atoms with Crippen molar-refractivity contribution in [3.05, 3.63) is 76.5 Å². The third-order valence-corrected chi connectivity index (χ3v) is 3.27. The molecule has 0 atom stereocenters. The molecule has 0 aliphatic heterocycles. The van der Waals surface area contributed by atoms with Crippen molar-refractivity contribution < 1.29 is 4.92 Å². The van der Waals surface area contributed by atoms with Gasteiger partial charge in [0.1, 0.15) is 6.07 Å². The summed E-state index contributed by atoms with van der Waals surface area (Å²) < 4.78 is 0. The van der Waals surface area contributed by atoms with Gasteiger partial charge in [-0.1, -0.05) is 42.5 Å². The molecule has 0 fully saturated rings. The normalized spacial score (nSPS) is 10.0. The van der Waals surface area contributed by atoms with Gasteiger partial charge in [0.2, 0.25) is 0 Å². The summed E-state index contributed by atoms with van der Waals surface area (Å²) in [5, 5.41) is 20.2. The average Bonchev–Trinajstić information content (AvgIpc) is 2.62. The summed E-state index contributed by atoms with van der Waals surface area (Å²) >= 11 is 0. The Kier molecular flexibility index (Phi) is 3.77. The maximum Gasteiger partial charge on any atom is 0.270 e. The van der Waals surface area contributed by atoms with E-state index in [1.165, 1.54) is 18.3 Å². The van der Waals surface area contributed by atoms with Crippen LogP contribution in [0.5, 0.6) is 0 Å². The van der Waals surface area contributed by atoms with Gasteiger partial charge in [-0.3, -0.25) is 10.1 Å². The lowest BCUT2D eigenvalue weighted by molar-refractivity contribution is -0.384. The fourth-order valence-corrected chi connectivity index (χ4v) is 2.18. The van der Waals surface area contributed by atoms with Crippen LogP contribution < -0.4 is 0 Å². The minimum Gasteiger partial charge on any atom is -0.258 e. The number of non-ortho nitro benzene ring substituents is 1. The standard InChI is InChI=1S/C17H10N4O2/c18-10-14-11-19-17(12-5-2-1-3-6-12)20-16(14)13-7-4-8-15(9-13)21(22)23/h1-9,11H. The zero-order valence-corrected chi connectivity index (χ0v) is 11.9. The summed E-state index contributed by atoms with van der Waals surface area (Å²) in [5.74, 6) is 0.464. The van der Waals surface area contributed by atoms with Crippen molar-refractivity contribution in [3.8, 4) is 28.7 Å². The molecular formula is C17H10N4O2. The number of aromatic nitrogens is 2. The molecular weight excluding hydrogens is 292 g/mol. The minimum atomic E-state index is -0.477. The second kappa shape index (κ2) is 6.03. The lowest BCUT2D eigenvalue weighted by atomic mass is 10.1. The molecule has 0 bridgehead atoms. The summed E-state index contributed by atoms with van der Waals surface area (Å²) in [6.45, 7) is 0. The average molecular weight is 302 g/mol. The second-order valence-corrected chi connectivity index (χ2v) is 4.74. The molecule has 0 unspecified atom stereocenters. The van der Waals surface area contributed by atoms with Gasteiger partial charge in [-0.15, -0.1) is 0 Å². The van der Waals surface area contributed by atoms with Gasteiger partial charge >= 0.3 is 0 Å². The molecule has 0 saturated carbocycles. The first-order chi connectivity index (χ1) is 11.2. The van der Waals surface area contributed by atoms with Gasteiger partial charge in [0.05, 0.1) is 16.2 Å². The zero-order valence-electron chi connectivity index (χ0n) is 11.9. The van der Waals surface area contributed by atoms with Crippen molar-refractivity contribution >= 4 is 5.69 Å². The minimum absolute atomic E-state index is 0.0498. The van der Waals surface area contributed by atoms with Crippen LogP contribution in [0.4, 0.5) is 5.69 Å². The van der Waals surface area contributed by atoms with Crippen LogP contribution in [0.25, 0.3) is 22.6 Å². The predicted molar refractivity (Wildman–Crippen MR) is 84.3 cm³/mol. The highest BCUT2D eigenvalue weighted by Crippen LogP contribution is 2.26. The van der Waals surface area contributed by atoms with E-state index in [0.717, 1.165) is 5.56 Å². The molecule has 0 saturated heterocycles. The fraction of sp³-hybridized carbons (Fsp3) is 0. The lowest BCUT2D eigenvalue weighted by Crippen LogP contribution is -1.96. The SMILES string of the molecule is N#Cc1cnc(-c2ccccc2)nc1-c1cccc([N+](=O)[O-])c1. The third kappa shape index (κ3) is 2.89. The Morgan fingerprint density at radius 2 is 1.78 bits per heavy atom. The smallest absolute Gasteiger partial charge is 0.258 e. The van der Waals surface area contributed by atoms with Crippen molar-refractivity contribution in [3.63, 3.8) is 0 Å². The molecule has 1 heterocycles. The molecule has 110 valence electrons. The van der Waals surface area contributed by atoms with Crippen molar-refractivity contribution in [1.82, 2.24) is 9.97 Å². The van der Waals surface area contributed by atoms with E-state index < -0.39 is 4.92 Å². The van der Waals surface area contributed by atoms with Crippen molar-refractivity contribution in [2.24, 2.45) is 0 Å². The van der Waals surface area contributed by atoms with E-state index in [0.29, 0.717) is 17.1 Å². The second-order valence-electron chi connectivity index (χ2n) is 4.74. The molecule has 0 aliphatic rings. The third-order valence-electron chi connectivity index (χ3n) is 3.27. The van der Waals surface area contributed by atoms with E-state index in [4.69, 9.17) is 0 Å². The fourth-order valence-electron chi connectivity index (χ4n) is 2.18. The number of hydrogen-bond acceptors (Lipinski definition) is 5. The highest BCUT2D eigenvalue weighted by atomic mass is 16.6. The molecule has 0 aliphatic carbocycles. The van der Waals surface area contributed by atoms with Crippen LogP contribution in [-0.2, 0) is 0 Å². The Morgan fingerprint density at radius 3 is 2.48 bits per heavy atom. The van der Waals surface area contributed by atoms with E-state index in [-0.39, 0.29) is 11.3 Å². The zero-order chi connectivity index (χ0) is 16.2. The van der Waals surface area contributed by atoms with E-state index in [1.54, 1.807) is 12.1 Å². The van der Waals surface area contributed by atoms with Crippen molar-refractivity contribution in [2.45, 2.75) is 0 Å². The first-order valence-corrected chi connectivity index (χ1v) is 6.76. The van der Waals surface area contributed by atoms with Crippen molar-refractivity contribution in [2.75, 3.05) is 0 Å². The van der Waals surface area contributed by atoms with Gasteiger partial charge < -0.3 is 0 Å². The molecule has 6 heteroatoms. The maximum absolute atomic E-state index is 10.9. The summed E-state index contributed by atoms with van der Waals surface area (Å²) in [6.07, 6.45) is 1.43. The Morgan fingerprint density at radius 1 is 1.04 bits per heavy atom. The van der Waals surface area contributed by atoms with E-state index >= 15 is 0 Å². The highest BCUT2D eigenvalue weighted by Gasteiger charge is 2.13. The van der Waals surface area contributed by atoms with Gasteiger partial charge in [-0.05, 0) is 0 Å². The maximum atomic E-state index is 10.9. The first kappa shape index (κ1) is 14.4. The number of rotatable bonds is 3. The molecule has 6 nitrogen and oxygen atoms in total. The predicted octanol–water partition coefficient (Wildman–Crippen LogP) is 3.59. The number of benzene rings is 2.